The lowest BCUT2D eigenvalue weighted by atomic mass is 10.4. The highest BCUT2D eigenvalue weighted by Gasteiger charge is 2.02. The molecular formula is C7H13N3O. The van der Waals surface area contributed by atoms with Crippen LogP contribution in [0.1, 0.15) is 6.42 Å². The maximum absolute atomic E-state index is 10.7. The van der Waals surface area contributed by atoms with Crippen LogP contribution in [0.5, 0.6) is 0 Å². The second-order valence-corrected chi connectivity index (χ2v) is 2.26. The highest BCUT2D eigenvalue weighted by Crippen LogP contribution is 1.84. The van der Waals surface area contributed by atoms with E-state index in [1.54, 1.807) is 0 Å². The Kier molecular flexibility index (Phi) is 5.17. The molecule has 0 spiro atoms. The van der Waals surface area contributed by atoms with E-state index in [0.29, 0.717) is 13.0 Å². The number of carbonyl (C=O) groups excluding carboxylic acids is 1. The normalized spacial score (nSPS) is 9.27. The predicted octanol–water partition coefficient (Wildman–Crippen LogP) is -1.07. The van der Waals surface area contributed by atoms with Crippen LogP contribution in [-0.4, -0.2) is 30.9 Å². The summed E-state index contributed by atoms with van der Waals surface area (Å²) in [5.74, 6) is 7.16. The molecule has 3 N–H and O–H groups in total. The molecule has 0 rings (SSSR count). The maximum Gasteiger partial charge on any atom is 0.248 e. The minimum absolute atomic E-state index is 0.204. The van der Waals surface area contributed by atoms with Gasteiger partial charge in [-0.2, -0.15) is 0 Å². The largest absolute Gasteiger partial charge is 0.297 e. The van der Waals surface area contributed by atoms with Gasteiger partial charge in [0.05, 0.1) is 6.54 Å². The minimum Gasteiger partial charge on any atom is -0.297 e. The molecule has 0 saturated heterocycles. The molecule has 0 aliphatic rings. The molecule has 0 aliphatic carbocycles. The zero-order valence-corrected chi connectivity index (χ0v) is 6.63. The number of amides is 1. The molecule has 0 fully saturated rings. The number of likely N-dealkylation sites (N-methyl/N-ethyl adjacent to an activating group) is 1. The zero-order chi connectivity index (χ0) is 8.69. The molecule has 0 saturated carbocycles. The standard InChI is InChI=1S/C7H13N3O/c1-3-4-5-10(2)6-7(11)9-8/h1H,4-6,8H2,2H3,(H,9,11). The number of carbonyl (C=O) groups is 1. The van der Waals surface area contributed by atoms with E-state index in [2.05, 4.69) is 5.92 Å². The molecule has 4 nitrogen and oxygen atoms in total. The van der Waals surface area contributed by atoms with Crippen LogP contribution in [0, 0.1) is 12.3 Å². The number of terminal acetylenes is 1. The Balaban J connectivity index is 3.45. The van der Waals surface area contributed by atoms with Crippen molar-refractivity contribution < 1.29 is 4.79 Å². The van der Waals surface area contributed by atoms with Crippen LogP contribution in [0.3, 0.4) is 0 Å². The number of hydrogen-bond acceptors (Lipinski definition) is 3. The van der Waals surface area contributed by atoms with Crippen LogP contribution < -0.4 is 11.3 Å². The number of nitrogens with zero attached hydrogens (tertiary/aromatic N) is 1. The van der Waals surface area contributed by atoms with E-state index in [-0.39, 0.29) is 12.5 Å². The van der Waals surface area contributed by atoms with Crippen molar-refractivity contribution in [3.8, 4) is 12.3 Å². The summed E-state index contributed by atoms with van der Waals surface area (Å²) in [6.45, 7) is 1.00. The summed E-state index contributed by atoms with van der Waals surface area (Å²) in [6.07, 6.45) is 5.69. The quantitative estimate of drug-likeness (QED) is 0.235. The van der Waals surface area contributed by atoms with Crippen LogP contribution in [0.15, 0.2) is 0 Å². The fraction of sp³-hybridized carbons (Fsp3) is 0.571. The first-order chi connectivity index (χ1) is 5.20. The van der Waals surface area contributed by atoms with Gasteiger partial charge >= 0.3 is 0 Å². The van der Waals surface area contributed by atoms with E-state index in [1.165, 1.54) is 0 Å². The lowest BCUT2D eigenvalue weighted by Crippen LogP contribution is -2.39. The van der Waals surface area contributed by atoms with Crippen LogP contribution in [0.2, 0.25) is 0 Å². The lowest BCUT2D eigenvalue weighted by molar-refractivity contribution is -0.122. The van der Waals surface area contributed by atoms with E-state index in [0.717, 1.165) is 0 Å². The van der Waals surface area contributed by atoms with Gasteiger partial charge in [0.25, 0.3) is 0 Å². The predicted molar refractivity (Wildman–Crippen MR) is 43.3 cm³/mol. The molecule has 0 atom stereocenters. The van der Waals surface area contributed by atoms with Crippen molar-refractivity contribution >= 4 is 5.91 Å². The Labute approximate surface area is 66.7 Å². The van der Waals surface area contributed by atoms with Crippen molar-refractivity contribution in [2.24, 2.45) is 5.84 Å². The van der Waals surface area contributed by atoms with Gasteiger partial charge in [-0.25, -0.2) is 5.84 Å². The second-order valence-electron chi connectivity index (χ2n) is 2.26. The van der Waals surface area contributed by atoms with Crippen LogP contribution >= 0.6 is 0 Å². The number of rotatable bonds is 4. The van der Waals surface area contributed by atoms with Crippen molar-refractivity contribution in [2.75, 3.05) is 20.1 Å². The van der Waals surface area contributed by atoms with Gasteiger partial charge in [-0.15, -0.1) is 12.3 Å². The lowest BCUT2D eigenvalue weighted by Gasteiger charge is -2.12. The monoisotopic (exact) mass is 155 g/mol. The molecular weight excluding hydrogens is 142 g/mol. The molecule has 0 unspecified atom stereocenters. The molecule has 0 bridgehead atoms. The number of hydrogen-bond donors (Lipinski definition) is 2. The van der Waals surface area contributed by atoms with Crippen molar-refractivity contribution in [3.05, 3.63) is 0 Å². The fourth-order valence-corrected chi connectivity index (χ4v) is 0.625. The number of hydrazine groups is 1. The number of nitrogens with two attached hydrogens (primary N) is 1. The summed E-state index contributed by atoms with van der Waals surface area (Å²) in [4.78, 5) is 12.5. The van der Waals surface area contributed by atoms with Gasteiger partial charge in [0.2, 0.25) is 5.91 Å². The van der Waals surface area contributed by atoms with Gasteiger partial charge in [-0.05, 0) is 7.05 Å². The van der Waals surface area contributed by atoms with Crippen molar-refractivity contribution in [1.29, 1.82) is 0 Å². The van der Waals surface area contributed by atoms with E-state index >= 15 is 0 Å². The summed E-state index contributed by atoms with van der Waals surface area (Å²) < 4.78 is 0. The SMILES string of the molecule is C#CCCN(C)CC(=O)NN. The van der Waals surface area contributed by atoms with Crippen LogP contribution in [-0.2, 0) is 4.79 Å². The van der Waals surface area contributed by atoms with Gasteiger partial charge in [0.1, 0.15) is 0 Å². The molecule has 0 aromatic carbocycles. The maximum atomic E-state index is 10.7. The third-order valence-corrected chi connectivity index (χ3v) is 1.21. The van der Waals surface area contributed by atoms with Gasteiger partial charge in [-0.1, -0.05) is 0 Å². The average Bonchev–Trinajstić information content (AvgIpc) is 2.00. The van der Waals surface area contributed by atoms with Crippen LogP contribution in [0.25, 0.3) is 0 Å². The molecule has 0 heterocycles. The molecule has 1 amide bonds. The Morgan fingerprint density at radius 2 is 2.45 bits per heavy atom. The van der Waals surface area contributed by atoms with E-state index in [9.17, 15) is 4.79 Å². The Morgan fingerprint density at radius 1 is 1.82 bits per heavy atom. The Morgan fingerprint density at radius 3 is 2.91 bits per heavy atom. The highest BCUT2D eigenvalue weighted by atomic mass is 16.2. The summed E-state index contributed by atoms with van der Waals surface area (Å²) in [5.41, 5.74) is 2.04. The van der Waals surface area contributed by atoms with Gasteiger partial charge in [0, 0.05) is 13.0 Å². The summed E-state index contributed by atoms with van der Waals surface area (Å²) in [6, 6.07) is 0. The average molecular weight is 155 g/mol. The van der Waals surface area contributed by atoms with E-state index < -0.39 is 0 Å². The Bertz CT molecular complexity index is 162. The summed E-state index contributed by atoms with van der Waals surface area (Å²) in [7, 11) is 1.81. The van der Waals surface area contributed by atoms with Gasteiger partial charge in [-0.3, -0.25) is 15.1 Å². The molecule has 62 valence electrons. The second kappa shape index (κ2) is 5.71. The molecule has 11 heavy (non-hydrogen) atoms. The minimum atomic E-state index is -0.204. The Hall–Kier alpha value is -1.05. The fourth-order valence-electron chi connectivity index (χ4n) is 0.625. The zero-order valence-electron chi connectivity index (χ0n) is 6.63. The first-order valence-corrected chi connectivity index (χ1v) is 3.32. The van der Waals surface area contributed by atoms with Crippen molar-refractivity contribution in [1.82, 2.24) is 10.3 Å². The van der Waals surface area contributed by atoms with Crippen LogP contribution in [0.4, 0.5) is 0 Å². The van der Waals surface area contributed by atoms with E-state index in [4.69, 9.17) is 12.3 Å². The molecule has 0 aromatic heterocycles. The smallest absolute Gasteiger partial charge is 0.248 e. The third-order valence-electron chi connectivity index (χ3n) is 1.21. The molecule has 0 aliphatic heterocycles. The first kappa shape index (κ1) is 9.95. The van der Waals surface area contributed by atoms with Crippen molar-refractivity contribution in [2.45, 2.75) is 6.42 Å². The van der Waals surface area contributed by atoms with Gasteiger partial charge in [0.15, 0.2) is 0 Å². The molecule has 4 heteroatoms. The highest BCUT2D eigenvalue weighted by molar-refractivity contribution is 5.77. The summed E-state index contributed by atoms with van der Waals surface area (Å²) in [5, 5.41) is 0. The van der Waals surface area contributed by atoms with E-state index in [1.807, 2.05) is 17.4 Å². The number of nitrogens with one attached hydrogen (secondary N) is 1. The van der Waals surface area contributed by atoms with Crippen molar-refractivity contribution in [3.63, 3.8) is 0 Å². The summed E-state index contributed by atoms with van der Waals surface area (Å²) >= 11 is 0. The molecule has 0 aromatic rings. The third kappa shape index (κ3) is 5.40. The first-order valence-electron chi connectivity index (χ1n) is 3.32. The topological polar surface area (TPSA) is 58.4 Å². The van der Waals surface area contributed by atoms with Gasteiger partial charge < -0.3 is 0 Å². The molecule has 0 radical (unpaired) electrons.